The molecule has 1 N–H and O–H groups in total. The van der Waals surface area contributed by atoms with E-state index in [0.29, 0.717) is 6.61 Å². The minimum atomic E-state index is 0.311. The van der Waals surface area contributed by atoms with Crippen molar-refractivity contribution in [1.29, 1.82) is 0 Å². The van der Waals surface area contributed by atoms with Crippen molar-refractivity contribution < 1.29 is 5.11 Å². The molecular weight excluding hydrogens is 246 g/mol. The molecule has 0 aromatic heterocycles. The Balaban J connectivity index is 3.44. The molecule has 2 heteroatoms. The van der Waals surface area contributed by atoms with E-state index < -0.39 is 0 Å². The Labute approximate surface area is 127 Å². The summed E-state index contributed by atoms with van der Waals surface area (Å²) in [6, 6.07) is 0. The van der Waals surface area contributed by atoms with Gasteiger partial charge in [-0.25, -0.2) is 0 Å². The van der Waals surface area contributed by atoms with Gasteiger partial charge in [-0.1, -0.05) is 78.1 Å². The Morgan fingerprint density at radius 1 is 0.550 bits per heavy atom. The third kappa shape index (κ3) is 14.3. The SMILES string of the molecule is CCCCCCCCCN(CCO)CCCCCCC. The first-order chi connectivity index (χ1) is 9.85. The third-order valence-electron chi connectivity index (χ3n) is 4.07. The highest BCUT2D eigenvalue weighted by atomic mass is 16.3. The van der Waals surface area contributed by atoms with Crippen molar-refractivity contribution in [3.8, 4) is 0 Å². The minimum Gasteiger partial charge on any atom is -0.395 e. The average molecular weight is 286 g/mol. The van der Waals surface area contributed by atoms with E-state index in [9.17, 15) is 0 Å². The molecule has 0 atom stereocenters. The van der Waals surface area contributed by atoms with Crippen LogP contribution in [0.15, 0.2) is 0 Å². The van der Waals surface area contributed by atoms with Crippen LogP contribution in [0.4, 0.5) is 0 Å². The van der Waals surface area contributed by atoms with Gasteiger partial charge in [0.05, 0.1) is 6.61 Å². The van der Waals surface area contributed by atoms with Gasteiger partial charge in [0.1, 0.15) is 0 Å². The number of aliphatic hydroxyl groups is 1. The molecule has 2 nitrogen and oxygen atoms in total. The maximum absolute atomic E-state index is 9.14. The van der Waals surface area contributed by atoms with Crippen LogP contribution in [0.25, 0.3) is 0 Å². The molecule has 0 heterocycles. The fourth-order valence-electron chi connectivity index (χ4n) is 2.71. The van der Waals surface area contributed by atoms with Crippen LogP contribution < -0.4 is 0 Å². The molecule has 0 aromatic carbocycles. The van der Waals surface area contributed by atoms with Gasteiger partial charge in [-0.3, -0.25) is 0 Å². The van der Waals surface area contributed by atoms with Gasteiger partial charge in [0.25, 0.3) is 0 Å². The molecule has 0 saturated carbocycles. The summed E-state index contributed by atoms with van der Waals surface area (Å²) in [5.41, 5.74) is 0. The third-order valence-corrected chi connectivity index (χ3v) is 4.07. The molecule has 0 spiro atoms. The van der Waals surface area contributed by atoms with Crippen molar-refractivity contribution in [2.45, 2.75) is 90.9 Å². The lowest BCUT2D eigenvalue weighted by Crippen LogP contribution is -2.29. The summed E-state index contributed by atoms with van der Waals surface area (Å²) in [4.78, 5) is 2.46. The van der Waals surface area contributed by atoms with Gasteiger partial charge in [-0.05, 0) is 25.9 Å². The fourth-order valence-corrected chi connectivity index (χ4v) is 2.71. The van der Waals surface area contributed by atoms with Gasteiger partial charge in [0.15, 0.2) is 0 Å². The summed E-state index contributed by atoms with van der Waals surface area (Å²) in [5.74, 6) is 0. The van der Waals surface area contributed by atoms with Crippen LogP contribution in [0, 0.1) is 0 Å². The van der Waals surface area contributed by atoms with E-state index in [4.69, 9.17) is 5.11 Å². The lowest BCUT2D eigenvalue weighted by atomic mass is 10.1. The molecule has 0 radical (unpaired) electrons. The lowest BCUT2D eigenvalue weighted by Gasteiger charge is -2.21. The van der Waals surface area contributed by atoms with Crippen LogP contribution >= 0.6 is 0 Å². The molecule has 122 valence electrons. The number of aliphatic hydroxyl groups excluding tert-OH is 1. The van der Waals surface area contributed by atoms with E-state index in [1.54, 1.807) is 0 Å². The van der Waals surface area contributed by atoms with Crippen LogP contribution in [0.3, 0.4) is 0 Å². The van der Waals surface area contributed by atoms with Crippen LogP contribution in [-0.2, 0) is 0 Å². The molecular formula is C18H39NO. The molecule has 0 aliphatic rings. The van der Waals surface area contributed by atoms with Crippen molar-refractivity contribution in [1.82, 2.24) is 4.90 Å². The van der Waals surface area contributed by atoms with Gasteiger partial charge in [0.2, 0.25) is 0 Å². The predicted octanol–water partition coefficient (Wildman–Crippen LogP) is 5.00. The summed E-state index contributed by atoms with van der Waals surface area (Å²) >= 11 is 0. The second-order valence-electron chi connectivity index (χ2n) is 6.10. The molecule has 0 aliphatic heterocycles. The highest BCUT2D eigenvalue weighted by molar-refractivity contribution is 4.58. The number of hydrogen-bond acceptors (Lipinski definition) is 2. The van der Waals surface area contributed by atoms with E-state index in [1.807, 2.05) is 0 Å². The van der Waals surface area contributed by atoms with Gasteiger partial charge >= 0.3 is 0 Å². The summed E-state index contributed by atoms with van der Waals surface area (Å²) in [7, 11) is 0. The zero-order valence-corrected chi connectivity index (χ0v) is 14.2. The summed E-state index contributed by atoms with van der Waals surface area (Å²) in [6.07, 6.45) is 16.3. The highest BCUT2D eigenvalue weighted by Gasteiger charge is 2.03. The van der Waals surface area contributed by atoms with Gasteiger partial charge in [-0.15, -0.1) is 0 Å². The summed E-state index contributed by atoms with van der Waals surface area (Å²) < 4.78 is 0. The number of unbranched alkanes of at least 4 members (excludes halogenated alkanes) is 10. The molecule has 0 saturated heterocycles. The maximum atomic E-state index is 9.14. The van der Waals surface area contributed by atoms with E-state index in [1.165, 1.54) is 90.1 Å². The van der Waals surface area contributed by atoms with Gasteiger partial charge in [0, 0.05) is 6.54 Å². The van der Waals surface area contributed by atoms with Crippen LogP contribution in [0.2, 0.25) is 0 Å². The molecule has 0 fully saturated rings. The van der Waals surface area contributed by atoms with Crippen LogP contribution in [0.1, 0.15) is 90.9 Å². The molecule has 0 aromatic rings. The molecule has 20 heavy (non-hydrogen) atoms. The first-order valence-corrected chi connectivity index (χ1v) is 9.18. The van der Waals surface area contributed by atoms with E-state index in [2.05, 4.69) is 18.7 Å². The largest absolute Gasteiger partial charge is 0.395 e. The van der Waals surface area contributed by atoms with Crippen molar-refractivity contribution in [2.24, 2.45) is 0 Å². The second kappa shape index (κ2) is 17.0. The fraction of sp³-hybridized carbons (Fsp3) is 1.00. The van der Waals surface area contributed by atoms with E-state index in [0.717, 1.165) is 6.54 Å². The molecule has 0 bridgehead atoms. The van der Waals surface area contributed by atoms with Gasteiger partial charge in [-0.2, -0.15) is 0 Å². The molecule has 0 amide bonds. The quantitative estimate of drug-likeness (QED) is 0.403. The maximum Gasteiger partial charge on any atom is 0.0558 e. The van der Waals surface area contributed by atoms with Crippen molar-refractivity contribution in [2.75, 3.05) is 26.2 Å². The van der Waals surface area contributed by atoms with Crippen molar-refractivity contribution in [3.63, 3.8) is 0 Å². The Morgan fingerprint density at radius 2 is 0.950 bits per heavy atom. The van der Waals surface area contributed by atoms with Crippen LogP contribution in [-0.4, -0.2) is 36.2 Å². The van der Waals surface area contributed by atoms with E-state index in [-0.39, 0.29) is 0 Å². The van der Waals surface area contributed by atoms with E-state index >= 15 is 0 Å². The second-order valence-corrected chi connectivity index (χ2v) is 6.10. The van der Waals surface area contributed by atoms with Crippen molar-refractivity contribution >= 4 is 0 Å². The monoisotopic (exact) mass is 285 g/mol. The molecule has 0 rings (SSSR count). The zero-order valence-electron chi connectivity index (χ0n) is 14.2. The first-order valence-electron chi connectivity index (χ1n) is 9.18. The molecule has 0 unspecified atom stereocenters. The minimum absolute atomic E-state index is 0.311. The number of rotatable bonds is 16. The topological polar surface area (TPSA) is 23.5 Å². The highest BCUT2D eigenvalue weighted by Crippen LogP contribution is 2.09. The Kier molecular flexibility index (Phi) is 16.9. The van der Waals surface area contributed by atoms with Gasteiger partial charge < -0.3 is 10.0 Å². The zero-order chi connectivity index (χ0) is 14.9. The van der Waals surface area contributed by atoms with Crippen molar-refractivity contribution in [3.05, 3.63) is 0 Å². The summed E-state index contributed by atoms with van der Waals surface area (Å²) in [6.45, 7) is 8.07. The Morgan fingerprint density at radius 3 is 1.35 bits per heavy atom. The molecule has 0 aliphatic carbocycles. The number of hydrogen-bond donors (Lipinski definition) is 1. The first kappa shape index (κ1) is 19.9. The number of nitrogens with zero attached hydrogens (tertiary/aromatic N) is 1. The Hall–Kier alpha value is -0.0800. The Bertz CT molecular complexity index is 173. The average Bonchev–Trinajstić information content (AvgIpc) is 2.46. The standard InChI is InChI=1S/C18H39NO/c1-3-5-7-9-10-12-14-16-19(17-18-20)15-13-11-8-6-4-2/h20H,3-18H2,1-2H3. The smallest absolute Gasteiger partial charge is 0.0558 e. The summed E-state index contributed by atoms with van der Waals surface area (Å²) in [5, 5.41) is 9.14. The normalized spacial score (nSPS) is 11.4. The predicted molar refractivity (Wildman–Crippen MR) is 90.3 cm³/mol. The lowest BCUT2D eigenvalue weighted by molar-refractivity contribution is 0.190. The van der Waals surface area contributed by atoms with Crippen LogP contribution in [0.5, 0.6) is 0 Å².